The zero-order valence-corrected chi connectivity index (χ0v) is 14.4. The lowest BCUT2D eigenvalue weighted by atomic mass is 10.2. The number of nitrogens with one attached hydrogen (secondary N) is 2. The summed E-state index contributed by atoms with van der Waals surface area (Å²) in [6.45, 7) is 0.678. The number of ether oxygens (including phenoxy) is 2. The van der Waals surface area contributed by atoms with Gasteiger partial charge in [-0.1, -0.05) is 30.3 Å². The standard InChI is InChI=1S/C19H22N2O4/c1-24-16-9-7-14(8-10-16)12-20-18(22)11-19(23)21-13-15-5-3-4-6-17(15)25-2/h3-10H,11-13H2,1-2H3,(H,20,22)(H,21,23). The SMILES string of the molecule is COc1ccc(CNC(=O)CC(=O)NCc2ccccc2OC)cc1. The molecule has 0 heterocycles. The number of carbonyl (C=O) groups is 2. The summed E-state index contributed by atoms with van der Waals surface area (Å²) < 4.78 is 10.3. The minimum atomic E-state index is -0.335. The van der Waals surface area contributed by atoms with E-state index in [9.17, 15) is 9.59 Å². The minimum absolute atomic E-state index is 0.217. The zero-order chi connectivity index (χ0) is 18.1. The largest absolute Gasteiger partial charge is 0.497 e. The third-order valence-electron chi connectivity index (χ3n) is 3.64. The van der Waals surface area contributed by atoms with Crippen LogP contribution in [-0.4, -0.2) is 26.0 Å². The molecule has 0 aliphatic carbocycles. The molecule has 2 aromatic carbocycles. The van der Waals surface area contributed by atoms with Gasteiger partial charge in [-0.3, -0.25) is 9.59 Å². The fraction of sp³-hybridized carbons (Fsp3) is 0.263. The van der Waals surface area contributed by atoms with E-state index in [1.54, 1.807) is 14.2 Å². The minimum Gasteiger partial charge on any atom is -0.497 e. The molecule has 2 N–H and O–H groups in total. The number of benzene rings is 2. The molecule has 0 bridgehead atoms. The van der Waals surface area contributed by atoms with E-state index < -0.39 is 0 Å². The summed E-state index contributed by atoms with van der Waals surface area (Å²) in [5.74, 6) is 0.795. The molecule has 25 heavy (non-hydrogen) atoms. The van der Waals surface area contributed by atoms with E-state index in [0.29, 0.717) is 18.8 Å². The van der Waals surface area contributed by atoms with Crippen LogP contribution in [0.25, 0.3) is 0 Å². The molecule has 0 unspecified atom stereocenters. The van der Waals surface area contributed by atoms with Crippen molar-refractivity contribution in [3.63, 3.8) is 0 Å². The average Bonchev–Trinajstić information content (AvgIpc) is 2.65. The highest BCUT2D eigenvalue weighted by Crippen LogP contribution is 2.16. The molecule has 6 nitrogen and oxygen atoms in total. The quantitative estimate of drug-likeness (QED) is 0.720. The van der Waals surface area contributed by atoms with Gasteiger partial charge in [-0.2, -0.15) is 0 Å². The summed E-state index contributed by atoms with van der Waals surface area (Å²) in [7, 11) is 3.17. The van der Waals surface area contributed by atoms with E-state index in [0.717, 1.165) is 16.9 Å². The zero-order valence-electron chi connectivity index (χ0n) is 14.4. The number of hydrogen-bond acceptors (Lipinski definition) is 4. The number of para-hydroxylation sites is 1. The maximum atomic E-state index is 11.9. The Labute approximate surface area is 147 Å². The summed E-state index contributed by atoms with van der Waals surface area (Å²) in [6, 6.07) is 14.8. The van der Waals surface area contributed by atoms with Crippen LogP contribution in [0.3, 0.4) is 0 Å². The Morgan fingerprint density at radius 1 is 0.840 bits per heavy atom. The van der Waals surface area contributed by atoms with Crippen molar-refractivity contribution in [3.8, 4) is 11.5 Å². The fourth-order valence-corrected chi connectivity index (χ4v) is 2.26. The lowest BCUT2D eigenvalue weighted by Gasteiger charge is -2.10. The molecular formula is C19H22N2O4. The van der Waals surface area contributed by atoms with Gasteiger partial charge in [-0.25, -0.2) is 0 Å². The van der Waals surface area contributed by atoms with E-state index in [2.05, 4.69) is 10.6 Å². The topological polar surface area (TPSA) is 76.7 Å². The van der Waals surface area contributed by atoms with Crippen LogP contribution in [-0.2, 0) is 22.7 Å². The van der Waals surface area contributed by atoms with Crippen molar-refractivity contribution in [1.82, 2.24) is 10.6 Å². The van der Waals surface area contributed by atoms with Gasteiger partial charge in [-0.15, -0.1) is 0 Å². The second-order valence-corrected chi connectivity index (χ2v) is 5.39. The lowest BCUT2D eigenvalue weighted by molar-refractivity contribution is -0.129. The van der Waals surface area contributed by atoms with E-state index >= 15 is 0 Å². The van der Waals surface area contributed by atoms with Crippen LogP contribution in [0.2, 0.25) is 0 Å². The fourth-order valence-electron chi connectivity index (χ4n) is 2.26. The molecule has 0 aliphatic heterocycles. The summed E-state index contributed by atoms with van der Waals surface area (Å²) in [6.07, 6.45) is -0.217. The molecule has 0 radical (unpaired) electrons. The van der Waals surface area contributed by atoms with Crippen molar-refractivity contribution in [2.24, 2.45) is 0 Å². The highest BCUT2D eigenvalue weighted by molar-refractivity contribution is 5.96. The van der Waals surface area contributed by atoms with Gasteiger partial charge in [-0.05, 0) is 23.8 Å². The van der Waals surface area contributed by atoms with Crippen molar-refractivity contribution in [2.45, 2.75) is 19.5 Å². The first-order valence-electron chi connectivity index (χ1n) is 7.90. The van der Waals surface area contributed by atoms with E-state index in [-0.39, 0.29) is 18.2 Å². The lowest BCUT2D eigenvalue weighted by Crippen LogP contribution is -2.31. The van der Waals surface area contributed by atoms with E-state index in [1.165, 1.54) is 0 Å². The van der Waals surface area contributed by atoms with Gasteiger partial charge >= 0.3 is 0 Å². The monoisotopic (exact) mass is 342 g/mol. The maximum absolute atomic E-state index is 11.9. The van der Waals surface area contributed by atoms with Gasteiger partial charge in [0.15, 0.2) is 0 Å². The highest BCUT2D eigenvalue weighted by atomic mass is 16.5. The van der Waals surface area contributed by atoms with Crippen molar-refractivity contribution >= 4 is 11.8 Å². The highest BCUT2D eigenvalue weighted by Gasteiger charge is 2.10. The summed E-state index contributed by atoms with van der Waals surface area (Å²) in [4.78, 5) is 23.8. The van der Waals surface area contributed by atoms with Gasteiger partial charge in [0.05, 0.1) is 14.2 Å². The Balaban J connectivity index is 1.75. The van der Waals surface area contributed by atoms with E-state index in [1.807, 2.05) is 48.5 Å². The Bertz CT molecular complexity index is 714. The smallest absolute Gasteiger partial charge is 0.229 e. The van der Waals surface area contributed by atoms with Crippen LogP contribution in [0.15, 0.2) is 48.5 Å². The third-order valence-corrected chi connectivity index (χ3v) is 3.64. The molecule has 0 aromatic heterocycles. The Morgan fingerprint density at radius 3 is 2.12 bits per heavy atom. The van der Waals surface area contributed by atoms with Crippen LogP contribution in [0.4, 0.5) is 0 Å². The van der Waals surface area contributed by atoms with Crippen LogP contribution in [0.5, 0.6) is 11.5 Å². The molecular weight excluding hydrogens is 320 g/mol. The van der Waals surface area contributed by atoms with Crippen LogP contribution in [0.1, 0.15) is 17.5 Å². The second kappa shape index (κ2) is 9.32. The molecule has 2 rings (SSSR count). The summed E-state index contributed by atoms with van der Waals surface area (Å²) in [5.41, 5.74) is 1.79. The molecule has 0 spiro atoms. The normalized spacial score (nSPS) is 10.0. The van der Waals surface area contributed by atoms with Crippen molar-refractivity contribution in [3.05, 3.63) is 59.7 Å². The molecule has 0 fully saturated rings. The Morgan fingerprint density at radius 2 is 1.48 bits per heavy atom. The van der Waals surface area contributed by atoms with Gasteiger partial charge in [0.2, 0.25) is 11.8 Å². The van der Waals surface area contributed by atoms with Gasteiger partial charge in [0.25, 0.3) is 0 Å². The predicted octanol–water partition coefficient (Wildman–Crippen LogP) is 2.03. The van der Waals surface area contributed by atoms with Crippen molar-refractivity contribution < 1.29 is 19.1 Å². The first kappa shape index (κ1) is 18.3. The molecule has 0 atom stereocenters. The maximum Gasteiger partial charge on any atom is 0.229 e. The second-order valence-electron chi connectivity index (χ2n) is 5.39. The molecule has 6 heteroatoms. The van der Waals surface area contributed by atoms with Gasteiger partial charge in [0, 0.05) is 18.7 Å². The van der Waals surface area contributed by atoms with Crippen LogP contribution in [0, 0.1) is 0 Å². The first-order chi connectivity index (χ1) is 12.1. The number of methoxy groups -OCH3 is 2. The summed E-state index contributed by atoms with van der Waals surface area (Å²) in [5, 5.41) is 5.44. The molecule has 2 amide bonds. The number of hydrogen-bond donors (Lipinski definition) is 2. The third kappa shape index (κ3) is 5.84. The van der Waals surface area contributed by atoms with Crippen LogP contribution < -0.4 is 20.1 Å². The molecule has 0 saturated heterocycles. The van der Waals surface area contributed by atoms with E-state index in [4.69, 9.17) is 9.47 Å². The molecule has 2 aromatic rings. The molecule has 0 saturated carbocycles. The predicted molar refractivity (Wildman–Crippen MR) is 94.3 cm³/mol. The number of carbonyl (C=O) groups excluding carboxylic acids is 2. The van der Waals surface area contributed by atoms with Crippen molar-refractivity contribution in [1.29, 1.82) is 0 Å². The molecule has 132 valence electrons. The Kier molecular flexibility index (Phi) is 6.83. The first-order valence-corrected chi connectivity index (χ1v) is 7.90. The average molecular weight is 342 g/mol. The van der Waals surface area contributed by atoms with Crippen LogP contribution >= 0.6 is 0 Å². The van der Waals surface area contributed by atoms with Gasteiger partial charge < -0.3 is 20.1 Å². The van der Waals surface area contributed by atoms with Gasteiger partial charge in [0.1, 0.15) is 17.9 Å². The Hall–Kier alpha value is -3.02. The number of amides is 2. The number of rotatable bonds is 8. The summed E-state index contributed by atoms with van der Waals surface area (Å²) >= 11 is 0. The molecule has 0 aliphatic rings. The van der Waals surface area contributed by atoms with Crippen molar-refractivity contribution in [2.75, 3.05) is 14.2 Å².